The Balaban J connectivity index is 2.43. The molecule has 29 heavy (non-hydrogen) atoms. The molecule has 1 rings (SSSR count). The molecule has 7 heteroatoms. The van der Waals surface area contributed by atoms with Crippen molar-refractivity contribution in [2.45, 2.75) is 102 Å². The lowest BCUT2D eigenvalue weighted by molar-refractivity contribution is -0.144. The van der Waals surface area contributed by atoms with Crippen LogP contribution in [0, 0.1) is 11.8 Å². The van der Waals surface area contributed by atoms with Crippen LogP contribution in [0.25, 0.3) is 0 Å². The SMILES string of the molecule is CCCCC(F)(F)C(=O)CC[C@H]1C(O)CC(O)C1C/C=C\CCCCCC(=O)O. The molecule has 3 N–H and O–H groups in total. The lowest BCUT2D eigenvalue weighted by atomic mass is 9.85. The lowest BCUT2D eigenvalue weighted by Gasteiger charge is -2.23. The normalized spacial score (nSPS) is 25.0. The molecular weight excluding hydrogens is 382 g/mol. The van der Waals surface area contributed by atoms with Crippen LogP contribution >= 0.6 is 0 Å². The molecule has 3 unspecified atom stereocenters. The summed E-state index contributed by atoms with van der Waals surface area (Å²) in [4.78, 5) is 22.4. The zero-order chi connectivity index (χ0) is 21.9. The van der Waals surface area contributed by atoms with E-state index in [4.69, 9.17) is 5.11 Å². The van der Waals surface area contributed by atoms with Gasteiger partial charge in [-0.15, -0.1) is 0 Å². The highest BCUT2D eigenvalue weighted by Gasteiger charge is 2.43. The minimum atomic E-state index is -3.31. The van der Waals surface area contributed by atoms with Crippen LogP contribution < -0.4 is 0 Å². The Morgan fingerprint density at radius 1 is 1.00 bits per heavy atom. The van der Waals surface area contributed by atoms with E-state index >= 15 is 0 Å². The Kier molecular flexibility index (Phi) is 11.6. The lowest BCUT2D eigenvalue weighted by Crippen LogP contribution is -2.30. The van der Waals surface area contributed by atoms with Gasteiger partial charge in [0, 0.05) is 19.3 Å². The molecule has 1 saturated carbocycles. The van der Waals surface area contributed by atoms with E-state index in [0.717, 1.165) is 19.3 Å². The van der Waals surface area contributed by atoms with Gasteiger partial charge in [0.2, 0.25) is 5.78 Å². The largest absolute Gasteiger partial charge is 0.481 e. The van der Waals surface area contributed by atoms with E-state index in [1.54, 1.807) is 6.92 Å². The summed E-state index contributed by atoms with van der Waals surface area (Å²) in [5.41, 5.74) is 0. The van der Waals surface area contributed by atoms with Crippen molar-refractivity contribution >= 4 is 11.8 Å². The smallest absolute Gasteiger partial charge is 0.305 e. The van der Waals surface area contributed by atoms with Crippen LogP contribution in [0.5, 0.6) is 0 Å². The number of aliphatic hydroxyl groups excluding tert-OH is 2. The van der Waals surface area contributed by atoms with E-state index in [1.165, 1.54) is 0 Å². The topological polar surface area (TPSA) is 94.8 Å². The molecule has 0 heterocycles. The second kappa shape index (κ2) is 13.1. The zero-order valence-electron chi connectivity index (χ0n) is 17.4. The minimum Gasteiger partial charge on any atom is -0.481 e. The summed E-state index contributed by atoms with van der Waals surface area (Å²) in [5, 5.41) is 29.0. The summed E-state index contributed by atoms with van der Waals surface area (Å²) < 4.78 is 27.7. The molecule has 1 aliphatic rings. The molecular formula is C22H36F2O5. The number of allylic oxidation sites excluding steroid dienone is 2. The molecule has 168 valence electrons. The van der Waals surface area contributed by atoms with E-state index < -0.39 is 36.3 Å². The third-order valence-electron chi connectivity index (χ3n) is 5.81. The molecule has 0 aliphatic heterocycles. The second-order valence-corrected chi connectivity index (χ2v) is 8.17. The maximum Gasteiger partial charge on any atom is 0.305 e. The number of carboxylic acid groups (broad SMARTS) is 1. The number of rotatable bonds is 15. The fourth-order valence-corrected chi connectivity index (χ4v) is 4.01. The number of hydrogen-bond donors (Lipinski definition) is 3. The molecule has 1 fully saturated rings. The van der Waals surface area contributed by atoms with Crippen LogP contribution in [0.3, 0.4) is 0 Å². The molecule has 0 aromatic rings. The number of carbonyl (C=O) groups excluding carboxylic acids is 1. The minimum absolute atomic E-state index is 0.159. The Morgan fingerprint density at radius 2 is 1.69 bits per heavy atom. The van der Waals surface area contributed by atoms with Crippen LogP contribution in [0.1, 0.15) is 84.0 Å². The zero-order valence-corrected chi connectivity index (χ0v) is 17.4. The number of ketones is 1. The molecule has 0 aromatic carbocycles. The molecule has 5 nitrogen and oxygen atoms in total. The first kappa shape index (κ1) is 25.7. The van der Waals surface area contributed by atoms with Gasteiger partial charge < -0.3 is 15.3 Å². The molecule has 4 atom stereocenters. The van der Waals surface area contributed by atoms with Crippen molar-refractivity contribution in [3.63, 3.8) is 0 Å². The van der Waals surface area contributed by atoms with Crippen molar-refractivity contribution in [3.8, 4) is 0 Å². The number of alkyl halides is 2. The Bertz CT molecular complexity index is 535. The number of hydrogen-bond acceptors (Lipinski definition) is 4. The summed E-state index contributed by atoms with van der Waals surface area (Å²) >= 11 is 0. The maximum absolute atomic E-state index is 13.9. The van der Waals surface area contributed by atoms with Gasteiger partial charge >= 0.3 is 11.9 Å². The van der Waals surface area contributed by atoms with E-state index in [9.17, 15) is 28.6 Å². The standard InChI is InChI=1S/C22H36F2O5/c1-2-3-14-22(23,24)20(27)13-12-17-16(18(25)15-19(17)26)10-8-6-4-5-7-9-11-21(28)29/h6,8,16-19,25-26H,2-5,7,9-15H2,1H3,(H,28,29)/b8-6-/t16?,17-,18?,19?/m1/s1. The number of aliphatic carboxylic acids is 1. The van der Waals surface area contributed by atoms with Gasteiger partial charge in [0.25, 0.3) is 0 Å². The summed E-state index contributed by atoms with van der Waals surface area (Å²) in [7, 11) is 0. The van der Waals surface area contributed by atoms with Crippen molar-refractivity contribution in [1.29, 1.82) is 0 Å². The number of carboxylic acids is 1. The summed E-state index contributed by atoms with van der Waals surface area (Å²) in [6.45, 7) is 1.80. The number of unbranched alkanes of at least 4 members (excludes halogenated alkanes) is 4. The van der Waals surface area contributed by atoms with E-state index in [0.29, 0.717) is 25.7 Å². The van der Waals surface area contributed by atoms with E-state index in [1.807, 2.05) is 12.2 Å². The molecule has 0 amide bonds. The van der Waals surface area contributed by atoms with Crippen molar-refractivity contribution < 1.29 is 33.7 Å². The Hall–Kier alpha value is -1.34. The molecule has 0 aromatic heterocycles. The summed E-state index contributed by atoms with van der Waals surface area (Å²) in [6, 6.07) is 0. The first-order valence-electron chi connectivity index (χ1n) is 10.8. The monoisotopic (exact) mass is 418 g/mol. The van der Waals surface area contributed by atoms with Crippen molar-refractivity contribution in [2.24, 2.45) is 11.8 Å². The third kappa shape index (κ3) is 9.34. The number of Topliss-reactive ketones (excluding diaryl/α,β-unsaturated/α-hetero) is 1. The molecule has 0 bridgehead atoms. The van der Waals surface area contributed by atoms with E-state index in [-0.39, 0.29) is 37.5 Å². The molecule has 0 saturated heterocycles. The molecule has 0 spiro atoms. The predicted molar refractivity (Wildman–Crippen MR) is 107 cm³/mol. The Morgan fingerprint density at radius 3 is 2.34 bits per heavy atom. The number of aliphatic hydroxyl groups is 2. The highest BCUT2D eigenvalue weighted by molar-refractivity contribution is 5.85. The van der Waals surface area contributed by atoms with Gasteiger partial charge in [-0.2, -0.15) is 8.78 Å². The first-order valence-corrected chi connectivity index (χ1v) is 10.8. The van der Waals surface area contributed by atoms with Crippen molar-refractivity contribution in [2.75, 3.05) is 0 Å². The highest BCUT2D eigenvalue weighted by atomic mass is 19.3. The average Bonchev–Trinajstić information content (AvgIpc) is 2.92. The number of halogens is 2. The quantitative estimate of drug-likeness (QED) is 0.269. The highest BCUT2D eigenvalue weighted by Crippen LogP contribution is 2.39. The van der Waals surface area contributed by atoms with Gasteiger partial charge in [0.15, 0.2) is 0 Å². The van der Waals surface area contributed by atoms with Gasteiger partial charge in [-0.25, -0.2) is 0 Å². The first-order chi connectivity index (χ1) is 13.7. The van der Waals surface area contributed by atoms with Crippen molar-refractivity contribution in [1.82, 2.24) is 0 Å². The van der Waals surface area contributed by atoms with Crippen molar-refractivity contribution in [3.05, 3.63) is 12.2 Å². The van der Waals surface area contributed by atoms with Gasteiger partial charge in [0.1, 0.15) is 0 Å². The Labute approximate surface area is 172 Å². The van der Waals surface area contributed by atoms with Gasteiger partial charge in [-0.3, -0.25) is 9.59 Å². The van der Waals surface area contributed by atoms with Crippen LogP contribution in [0.4, 0.5) is 8.78 Å². The summed E-state index contributed by atoms with van der Waals surface area (Å²) in [6.07, 6.45) is 6.83. The fraction of sp³-hybridized carbons (Fsp3) is 0.818. The van der Waals surface area contributed by atoms with Crippen LogP contribution in [0.15, 0.2) is 12.2 Å². The van der Waals surface area contributed by atoms with Gasteiger partial charge in [0.05, 0.1) is 12.2 Å². The second-order valence-electron chi connectivity index (χ2n) is 8.17. The van der Waals surface area contributed by atoms with Crippen LogP contribution in [-0.4, -0.2) is 45.2 Å². The molecule has 1 aliphatic carbocycles. The van der Waals surface area contributed by atoms with Gasteiger partial charge in [-0.05, 0) is 56.8 Å². The van der Waals surface area contributed by atoms with E-state index in [2.05, 4.69) is 0 Å². The van der Waals surface area contributed by atoms with Crippen LogP contribution in [0.2, 0.25) is 0 Å². The average molecular weight is 419 g/mol. The fourth-order valence-electron chi connectivity index (χ4n) is 4.01. The van der Waals surface area contributed by atoms with Crippen LogP contribution in [-0.2, 0) is 9.59 Å². The molecule has 0 radical (unpaired) electrons. The summed E-state index contributed by atoms with van der Waals surface area (Å²) in [5.74, 6) is -5.78. The maximum atomic E-state index is 13.9. The third-order valence-corrected chi connectivity index (χ3v) is 5.81. The number of carbonyl (C=O) groups is 2. The van der Waals surface area contributed by atoms with Gasteiger partial charge in [-0.1, -0.05) is 31.9 Å². The predicted octanol–water partition coefficient (Wildman–Crippen LogP) is 4.50.